The number of carbonyl (C=O) groups is 1. The molecule has 0 aliphatic carbocycles. The molecule has 0 unspecified atom stereocenters. The van der Waals surface area contributed by atoms with Gasteiger partial charge < -0.3 is 19.9 Å². The summed E-state index contributed by atoms with van der Waals surface area (Å²) < 4.78 is 7.06. The van der Waals surface area contributed by atoms with Crippen LogP contribution in [-0.2, 0) is 4.74 Å². The van der Waals surface area contributed by atoms with Crippen molar-refractivity contribution in [3.8, 4) is 0 Å². The molecule has 2 saturated heterocycles. The first-order valence-corrected chi connectivity index (χ1v) is 11.7. The Bertz CT molecular complexity index is 1340. The Morgan fingerprint density at radius 1 is 0.971 bits per heavy atom. The second kappa shape index (κ2) is 8.86. The molecule has 0 bridgehead atoms. The molecule has 10 heteroatoms. The van der Waals surface area contributed by atoms with Gasteiger partial charge in [0.05, 0.1) is 36.3 Å². The van der Waals surface area contributed by atoms with Gasteiger partial charge in [-0.15, -0.1) is 0 Å². The highest BCUT2D eigenvalue weighted by molar-refractivity contribution is 6.10. The number of aromatic nitrogens is 5. The largest absolute Gasteiger partial charge is 0.378 e. The summed E-state index contributed by atoms with van der Waals surface area (Å²) in [4.78, 5) is 31.5. The lowest BCUT2D eigenvalue weighted by atomic mass is 10.1. The average molecular weight is 459 g/mol. The monoisotopic (exact) mass is 458 g/mol. The third-order valence-electron chi connectivity index (χ3n) is 6.45. The molecule has 0 atom stereocenters. The van der Waals surface area contributed by atoms with Crippen LogP contribution in [0, 0.1) is 0 Å². The molecule has 2 fully saturated rings. The normalized spacial score (nSPS) is 16.8. The first-order chi connectivity index (χ1) is 16.8. The molecule has 5 heterocycles. The van der Waals surface area contributed by atoms with Crippen molar-refractivity contribution in [2.75, 3.05) is 54.5 Å². The van der Waals surface area contributed by atoms with Gasteiger partial charge in [0.25, 0.3) is 5.91 Å². The molecule has 2 aliphatic heterocycles. The minimum absolute atomic E-state index is 0.239. The SMILES string of the molecule is O=C(Nc1cc2cnc(N3CCOCC3)nc2cc1N1CCCCC1)c1cnn2cccnc12. The molecule has 0 spiro atoms. The molecule has 3 aromatic heterocycles. The van der Waals surface area contributed by atoms with Crippen LogP contribution < -0.4 is 15.1 Å². The van der Waals surface area contributed by atoms with Crippen molar-refractivity contribution in [2.24, 2.45) is 0 Å². The second-order valence-corrected chi connectivity index (χ2v) is 8.65. The number of hydrogen-bond acceptors (Lipinski definition) is 8. The van der Waals surface area contributed by atoms with E-state index in [-0.39, 0.29) is 5.91 Å². The summed E-state index contributed by atoms with van der Waals surface area (Å²) in [7, 11) is 0. The molecule has 0 radical (unpaired) electrons. The zero-order valence-electron chi connectivity index (χ0n) is 18.9. The Morgan fingerprint density at radius 2 is 1.82 bits per heavy atom. The molecular formula is C24H26N8O2. The summed E-state index contributed by atoms with van der Waals surface area (Å²) in [6, 6.07) is 5.83. The third-order valence-corrected chi connectivity index (χ3v) is 6.45. The van der Waals surface area contributed by atoms with Crippen molar-refractivity contribution in [1.82, 2.24) is 24.6 Å². The highest BCUT2D eigenvalue weighted by Gasteiger charge is 2.21. The number of morpholine rings is 1. The maximum absolute atomic E-state index is 13.2. The maximum atomic E-state index is 13.2. The number of anilines is 3. The zero-order valence-corrected chi connectivity index (χ0v) is 18.9. The van der Waals surface area contributed by atoms with Crippen LogP contribution in [0.25, 0.3) is 16.6 Å². The van der Waals surface area contributed by atoms with Crippen LogP contribution in [0.5, 0.6) is 0 Å². The minimum Gasteiger partial charge on any atom is -0.378 e. The van der Waals surface area contributed by atoms with Crippen LogP contribution >= 0.6 is 0 Å². The van der Waals surface area contributed by atoms with E-state index >= 15 is 0 Å². The predicted octanol–water partition coefficient (Wildman–Crippen LogP) is 2.75. The molecule has 2 aliphatic rings. The van der Waals surface area contributed by atoms with Gasteiger partial charge in [0.1, 0.15) is 5.56 Å². The summed E-state index contributed by atoms with van der Waals surface area (Å²) in [5.41, 5.74) is 3.56. The second-order valence-electron chi connectivity index (χ2n) is 8.65. The lowest BCUT2D eigenvalue weighted by Crippen LogP contribution is -2.37. The Labute approximate surface area is 196 Å². The Kier molecular flexibility index (Phi) is 5.42. The Morgan fingerprint density at radius 3 is 2.68 bits per heavy atom. The summed E-state index contributed by atoms with van der Waals surface area (Å²) in [6.45, 7) is 4.84. The van der Waals surface area contributed by atoms with Gasteiger partial charge in [-0.3, -0.25) is 4.79 Å². The summed E-state index contributed by atoms with van der Waals surface area (Å²) in [6.07, 6.45) is 10.3. The van der Waals surface area contributed by atoms with Gasteiger partial charge in [-0.2, -0.15) is 5.10 Å². The molecule has 174 valence electrons. The minimum atomic E-state index is -0.239. The van der Waals surface area contributed by atoms with Crippen LogP contribution in [0.4, 0.5) is 17.3 Å². The smallest absolute Gasteiger partial charge is 0.261 e. The lowest BCUT2D eigenvalue weighted by molar-refractivity contribution is 0.102. The fourth-order valence-electron chi connectivity index (χ4n) is 4.65. The topological polar surface area (TPSA) is 101 Å². The van der Waals surface area contributed by atoms with Gasteiger partial charge in [0.2, 0.25) is 5.95 Å². The standard InChI is InChI=1S/C24H26N8O2/c33-23(18-16-27-32-8-4-5-25-22(18)32)28-20-13-17-15-26-24(31-9-11-34-12-10-31)29-19(17)14-21(20)30-6-2-1-3-7-30/h4-5,8,13-16H,1-3,6-7,9-12H2,(H,28,33). The first kappa shape index (κ1) is 20.8. The molecular weight excluding hydrogens is 432 g/mol. The maximum Gasteiger partial charge on any atom is 0.261 e. The predicted molar refractivity (Wildman–Crippen MR) is 130 cm³/mol. The fourth-order valence-corrected chi connectivity index (χ4v) is 4.65. The van der Waals surface area contributed by atoms with E-state index in [1.807, 2.05) is 12.3 Å². The van der Waals surface area contributed by atoms with Gasteiger partial charge in [-0.25, -0.2) is 19.5 Å². The molecule has 10 nitrogen and oxygen atoms in total. The highest BCUT2D eigenvalue weighted by Crippen LogP contribution is 2.33. The van der Waals surface area contributed by atoms with Crippen LogP contribution in [0.3, 0.4) is 0 Å². The van der Waals surface area contributed by atoms with Gasteiger partial charge in [0.15, 0.2) is 5.65 Å². The molecule has 6 rings (SSSR count). The van der Waals surface area contributed by atoms with Crippen molar-refractivity contribution >= 4 is 39.8 Å². The number of fused-ring (bicyclic) bond motifs is 2. The average Bonchev–Trinajstić information content (AvgIpc) is 3.33. The number of nitrogens with one attached hydrogen (secondary N) is 1. The Hall–Kier alpha value is -3.79. The van der Waals surface area contributed by atoms with E-state index in [1.165, 1.54) is 6.42 Å². The molecule has 34 heavy (non-hydrogen) atoms. The van der Waals surface area contributed by atoms with E-state index in [0.29, 0.717) is 24.4 Å². The number of rotatable bonds is 4. The van der Waals surface area contributed by atoms with Crippen LogP contribution in [-0.4, -0.2) is 69.9 Å². The van der Waals surface area contributed by atoms with E-state index in [9.17, 15) is 4.79 Å². The van der Waals surface area contributed by atoms with E-state index in [2.05, 4.69) is 36.2 Å². The first-order valence-electron chi connectivity index (χ1n) is 11.7. The van der Waals surface area contributed by atoms with E-state index < -0.39 is 0 Å². The van der Waals surface area contributed by atoms with Gasteiger partial charge >= 0.3 is 0 Å². The number of carbonyl (C=O) groups excluding carboxylic acids is 1. The summed E-state index contributed by atoms with van der Waals surface area (Å²) in [5.74, 6) is 0.478. The number of benzene rings is 1. The number of hydrogen-bond donors (Lipinski definition) is 1. The van der Waals surface area contributed by atoms with E-state index in [0.717, 1.165) is 67.2 Å². The van der Waals surface area contributed by atoms with E-state index in [4.69, 9.17) is 9.72 Å². The Balaban J connectivity index is 1.38. The van der Waals surface area contributed by atoms with Crippen molar-refractivity contribution in [2.45, 2.75) is 19.3 Å². The molecule has 1 amide bonds. The third kappa shape index (κ3) is 3.90. The van der Waals surface area contributed by atoms with Gasteiger partial charge in [0, 0.05) is 50.2 Å². The molecule has 1 N–H and O–H groups in total. The molecule has 0 saturated carbocycles. The number of piperidine rings is 1. The number of amides is 1. The van der Waals surface area contributed by atoms with Crippen molar-refractivity contribution in [1.29, 1.82) is 0 Å². The molecule has 1 aromatic carbocycles. The highest BCUT2D eigenvalue weighted by atomic mass is 16.5. The quantitative estimate of drug-likeness (QED) is 0.498. The lowest BCUT2D eigenvalue weighted by Gasteiger charge is -2.31. The van der Waals surface area contributed by atoms with E-state index in [1.54, 1.807) is 29.2 Å². The van der Waals surface area contributed by atoms with Gasteiger partial charge in [-0.1, -0.05) is 0 Å². The summed E-state index contributed by atoms with van der Waals surface area (Å²) in [5, 5.41) is 8.24. The summed E-state index contributed by atoms with van der Waals surface area (Å²) >= 11 is 0. The van der Waals surface area contributed by atoms with Crippen molar-refractivity contribution in [3.05, 3.63) is 48.5 Å². The van der Waals surface area contributed by atoms with Crippen LogP contribution in [0.15, 0.2) is 43.0 Å². The number of ether oxygens (including phenoxy) is 1. The molecule has 4 aromatic rings. The van der Waals surface area contributed by atoms with Crippen LogP contribution in [0.2, 0.25) is 0 Å². The van der Waals surface area contributed by atoms with Gasteiger partial charge in [-0.05, 0) is 37.5 Å². The zero-order chi connectivity index (χ0) is 22.9. The van der Waals surface area contributed by atoms with Crippen LogP contribution in [0.1, 0.15) is 29.6 Å². The van der Waals surface area contributed by atoms with Crippen molar-refractivity contribution in [3.63, 3.8) is 0 Å². The number of nitrogens with zero attached hydrogens (tertiary/aromatic N) is 7. The fraction of sp³-hybridized carbons (Fsp3) is 0.375. The van der Waals surface area contributed by atoms with Crippen molar-refractivity contribution < 1.29 is 9.53 Å².